The maximum absolute atomic E-state index is 4.83. The average molecular weight is 329 g/mol. The van der Waals surface area contributed by atoms with Gasteiger partial charge in [-0.25, -0.2) is 4.98 Å². The number of benzene rings is 2. The molecule has 1 aromatic heterocycles. The number of imidazole rings is 1. The lowest BCUT2D eigenvalue weighted by Crippen LogP contribution is -2.00. The van der Waals surface area contributed by atoms with Gasteiger partial charge in [0.2, 0.25) is 0 Å². The summed E-state index contributed by atoms with van der Waals surface area (Å²) in [7, 11) is 0. The van der Waals surface area contributed by atoms with Crippen LogP contribution in [-0.4, -0.2) is 9.55 Å². The van der Waals surface area contributed by atoms with Crippen LogP contribution in [0, 0.1) is 0 Å². The molecule has 2 nitrogen and oxygen atoms in total. The topological polar surface area (TPSA) is 17.8 Å². The van der Waals surface area contributed by atoms with Crippen LogP contribution in [0.15, 0.2) is 53.0 Å². The molecule has 0 saturated carbocycles. The van der Waals surface area contributed by atoms with E-state index in [-0.39, 0.29) is 0 Å². The third kappa shape index (κ3) is 2.38. The monoisotopic (exact) mass is 328 g/mol. The number of hydrogen-bond acceptors (Lipinski definition) is 1. The van der Waals surface area contributed by atoms with Crippen molar-refractivity contribution in [2.45, 2.75) is 26.3 Å². The van der Waals surface area contributed by atoms with Gasteiger partial charge in [0.1, 0.15) is 5.82 Å². The van der Waals surface area contributed by atoms with Gasteiger partial charge in [0, 0.05) is 16.6 Å². The first kappa shape index (κ1) is 13.4. The standard InChI is InChI=1S/C17H17BrN2/c1-2-3-12-20-16-11-7-6-10-15(16)19-17(20)13-8-4-5-9-14(13)18/h4-11H,2-3,12H2,1H3. The van der Waals surface area contributed by atoms with Crippen molar-refractivity contribution in [2.75, 3.05) is 0 Å². The Morgan fingerprint density at radius 2 is 1.80 bits per heavy atom. The average Bonchev–Trinajstić information content (AvgIpc) is 2.84. The molecule has 3 rings (SSSR count). The summed E-state index contributed by atoms with van der Waals surface area (Å²) in [4.78, 5) is 4.83. The van der Waals surface area contributed by atoms with E-state index in [9.17, 15) is 0 Å². The molecule has 0 atom stereocenters. The Labute approximate surface area is 127 Å². The Morgan fingerprint density at radius 3 is 2.60 bits per heavy atom. The molecule has 0 fully saturated rings. The highest BCUT2D eigenvalue weighted by atomic mass is 79.9. The quantitative estimate of drug-likeness (QED) is 0.638. The van der Waals surface area contributed by atoms with E-state index in [1.807, 2.05) is 12.1 Å². The highest BCUT2D eigenvalue weighted by molar-refractivity contribution is 9.10. The highest BCUT2D eigenvalue weighted by Crippen LogP contribution is 2.30. The number of nitrogens with zero attached hydrogens (tertiary/aromatic N) is 2. The molecule has 0 spiro atoms. The molecule has 1 heterocycles. The lowest BCUT2D eigenvalue weighted by atomic mass is 10.2. The molecule has 3 heteroatoms. The molecule has 0 aliphatic heterocycles. The van der Waals surface area contributed by atoms with Crippen LogP contribution in [0.5, 0.6) is 0 Å². The number of rotatable bonds is 4. The van der Waals surface area contributed by atoms with Gasteiger partial charge in [0.15, 0.2) is 0 Å². The number of aromatic nitrogens is 2. The predicted molar refractivity (Wildman–Crippen MR) is 87.8 cm³/mol. The first-order valence-electron chi connectivity index (χ1n) is 7.01. The van der Waals surface area contributed by atoms with Gasteiger partial charge in [0.05, 0.1) is 11.0 Å². The van der Waals surface area contributed by atoms with Crippen LogP contribution in [0.3, 0.4) is 0 Å². The molecule has 20 heavy (non-hydrogen) atoms. The summed E-state index contributed by atoms with van der Waals surface area (Å²) in [5.41, 5.74) is 3.43. The Kier molecular flexibility index (Phi) is 3.88. The minimum absolute atomic E-state index is 1.01. The van der Waals surface area contributed by atoms with E-state index in [0.717, 1.165) is 34.3 Å². The zero-order valence-corrected chi connectivity index (χ0v) is 13.1. The second-order valence-electron chi connectivity index (χ2n) is 4.91. The summed E-state index contributed by atoms with van der Waals surface area (Å²) in [6, 6.07) is 16.6. The summed E-state index contributed by atoms with van der Waals surface area (Å²) < 4.78 is 3.42. The molecule has 3 aromatic rings. The van der Waals surface area contributed by atoms with Gasteiger partial charge in [-0.05, 0) is 24.6 Å². The summed E-state index contributed by atoms with van der Waals surface area (Å²) in [5.74, 6) is 1.05. The van der Waals surface area contributed by atoms with Gasteiger partial charge in [-0.2, -0.15) is 0 Å². The van der Waals surface area contributed by atoms with Gasteiger partial charge < -0.3 is 4.57 Å². The zero-order chi connectivity index (χ0) is 13.9. The Balaban J connectivity index is 2.21. The van der Waals surface area contributed by atoms with Gasteiger partial charge in [-0.1, -0.05) is 59.6 Å². The number of hydrogen-bond donors (Lipinski definition) is 0. The molecular formula is C17H17BrN2. The fourth-order valence-corrected chi connectivity index (χ4v) is 2.93. The van der Waals surface area contributed by atoms with Gasteiger partial charge in [-0.3, -0.25) is 0 Å². The smallest absolute Gasteiger partial charge is 0.142 e. The van der Waals surface area contributed by atoms with E-state index in [4.69, 9.17) is 4.98 Å². The molecule has 0 amide bonds. The maximum atomic E-state index is 4.83. The number of fused-ring (bicyclic) bond motifs is 1. The minimum atomic E-state index is 1.01. The van der Waals surface area contributed by atoms with Crippen LogP contribution in [-0.2, 0) is 6.54 Å². The van der Waals surface area contributed by atoms with E-state index in [0.29, 0.717) is 0 Å². The molecule has 0 aliphatic carbocycles. The molecule has 0 saturated heterocycles. The first-order valence-corrected chi connectivity index (χ1v) is 7.80. The van der Waals surface area contributed by atoms with Crippen LogP contribution in [0.1, 0.15) is 19.8 Å². The van der Waals surface area contributed by atoms with Crippen molar-refractivity contribution < 1.29 is 0 Å². The predicted octanol–water partition coefficient (Wildman–Crippen LogP) is 5.27. The first-order chi connectivity index (χ1) is 9.81. The Bertz CT molecular complexity index is 731. The van der Waals surface area contributed by atoms with E-state index in [1.54, 1.807) is 0 Å². The summed E-state index contributed by atoms with van der Waals surface area (Å²) in [6.07, 6.45) is 2.35. The highest BCUT2D eigenvalue weighted by Gasteiger charge is 2.13. The van der Waals surface area contributed by atoms with Gasteiger partial charge in [0.25, 0.3) is 0 Å². The largest absolute Gasteiger partial charge is 0.324 e. The van der Waals surface area contributed by atoms with E-state index >= 15 is 0 Å². The van der Waals surface area contributed by atoms with Crippen LogP contribution >= 0.6 is 15.9 Å². The van der Waals surface area contributed by atoms with Gasteiger partial charge >= 0.3 is 0 Å². The maximum Gasteiger partial charge on any atom is 0.142 e. The SMILES string of the molecule is CCCCn1c(-c2ccccc2Br)nc2ccccc21. The van der Waals surface area contributed by atoms with Gasteiger partial charge in [-0.15, -0.1) is 0 Å². The van der Waals surface area contributed by atoms with E-state index in [1.165, 1.54) is 11.9 Å². The molecule has 0 unspecified atom stereocenters. The molecule has 102 valence electrons. The van der Waals surface area contributed by atoms with Crippen molar-refractivity contribution in [2.24, 2.45) is 0 Å². The van der Waals surface area contributed by atoms with Crippen molar-refractivity contribution in [3.63, 3.8) is 0 Å². The number of unbranched alkanes of at least 4 members (excludes halogenated alkanes) is 1. The minimum Gasteiger partial charge on any atom is -0.324 e. The Hall–Kier alpha value is -1.61. The van der Waals surface area contributed by atoms with Crippen molar-refractivity contribution in [1.29, 1.82) is 0 Å². The van der Waals surface area contributed by atoms with E-state index in [2.05, 4.69) is 63.8 Å². The molecule has 0 aliphatic rings. The number of aryl methyl sites for hydroxylation is 1. The van der Waals surface area contributed by atoms with Crippen molar-refractivity contribution in [3.8, 4) is 11.4 Å². The second kappa shape index (κ2) is 5.80. The second-order valence-corrected chi connectivity index (χ2v) is 5.76. The van der Waals surface area contributed by atoms with E-state index < -0.39 is 0 Å². The fraction of sp³-hybridized carbons (Fsp3) is 0.235. The zero-order valence-electron chi connectivity index (χ0n) is 11.5. The lowest BCUT2D eigenvalue weighted by Gasteiger charge is -2.09. The third-order valence-electron chi connectivity index (χ3n) is 3.50. The lowest BCUT2D eigenvalue weighted by molar-refractivity contribution is 0.651. The van der Waals surface area contributed by atoms with Crippen LogP contribution in [0.25, 0.3) is 22.4 Å². The van der Waals surface area contributed by atoms with Crippen LogP contribution in [0.2, 0.25) is 0 Å². The summed E-state index contributed by atoms with van der Waals surface area (Å²) in [5, 5.41) is 0. The number of halogens is 1. The molecule has 0 N–H and O–H groups in total. The normalized spacial score (nSPS) is 11.1. The van der Waals surface area contributed by atoms with Crippen LogP contribution < -0.4 is 0 Å². The molecule has 0 radical (unpaired) electrons. The van der Waals surface area contributed by atoms with Crippen molar-refractivity contribution in [1.82, 2.24) is 9.55 Å². The van der Waals surface area contributed by atoms with Crippen molar-refractivity contribution >= 4 is 27.0 Å². The Morgan fingerprint density at radius 1 is 1.05 bits per heavy atom. The molecule has 2 aromatic carbocycles. The molecular weight excluding hydrogens is 312 g/mol. The summed E-state index contributed by atoms with van der Waals surface area (Å²) >= 11 is 3.64. The number of para-hydroxylation sites is 2. The third-order valence-corrected chi connectivity index (χ3v) is 4.20. The van der Waals surface area contributed by atoms with Crippen molar-refractivity contribution in [3.05, 3.63) is 53.0 Å². The van der Waals surface area contributed by atoms with Crippen LogP contribution in [0.4, 0.5) is 0 Å². The molecule has 0 bridgehead atoms. The summed E-state index contributed by atoms with van der Waals surface area (Å²) in [6.45, 7) is 3.23. The fourth-order valence-electron chi connectivity index (χ4n) is 2.47.